The molecule has 0 saturated carbocycles. The summed E-state index contributed by atoms with van der Waals surface area (Å²) in [5.74, 6) is 0.532. The Hall–Kier alpha value is -4.08. The maximum absolute atomic E-state index is 12.3. The Labute approximate surface area is 184 Å². The van der Waals surface area contributed by atoms with Gasteiger partial charge >= 0.3 is 0 Å². The van der Waals surface area contributed by atoms with Crippen molar-refractivity contribution in [1.82, 2.24) is 30.0 Å². The maximum atomic E-state index is 12.3. The molecule has 3 heterocycles. The highest BCUT2D eigenvalue weighted by Crippen LogP contribution is 2.22. The van der Waals surface area contributed by atoms with Crippen molar-refractivity contribution in [3.63, 3.8) is 0 Å². The van der Waals surface area contributed by atoms with Gasteiger partial charge in [-0.3, -0.25) is 19.3 Å². The number of carbonyl (C=O) groups excluding carboxylic acids is 3. The smallest absolute Gasteiger partial charge is 0.261 e. The van der Waals surface area contributed by atoms with E-state index < -0.39 is 0 Å². The van der Waals surface area contributed by atoms with Gasteiger partial charge in [0.05, 0.1) is 16.8 Å². The quantitative estimate of drug-likeness (QED) is 0.388. The number of fused-ring (bicyclic) bond motifs is 1. The average molecular weight is 433 g/mol. The minimum absolute atomic E-state index is 0.140. The molecule has 0 atom stereocenters. The van der Waals surface area contributed by atoms with Crippen LogP contribution < -0.4 is 10.6 Å². The van der Waals surface area contributed by atoms with Gasteiger partial charge in [0.2, 0.25) is 5.91 Å². The van der Waals surface area contributed by atoms with Gasteiger partial charge in [-0.25, -0.2) is 14.6 Å². The Bertz CT molecular complexity index is 1120. The van der Waals surface area contributed by atoms with Crippen LogP contribution in [0.15, 0.2) is 48.9 Å². The summed E-state index contributed by atoms with van der Waals surface area (Å²) in [5, 5.41) is 10.3. The number of carbonyl (C=O) groups is 3. The number of benzene rings is 1. The summed E-state index contributed by atoms with van der Waals surface area (Å²) < 4.78 is 1.67. The van der Waals surface area contributed by atoms with Crippen molar-refractivity contribution in [2.24, 2.45) is 0 Å². The lowest BCUT2D eigenvalue weighted by Crippen LogP contribution is -2.33. The van der Waals surface area contributed by atoms with Gasteiger partial charge in [0, 0.05) is 38.3 Å². The zero-order valence-corrected chi connectivity index (χ0v) is 17.6. The average Bonchev–Trinajstić information content (AvgIpc) is 3.34. The van der Waals surface area contributed by atoms with Gasteiger partial charge in [0.25, 0.3) is 11.8 Å². The van der Waals surface area contributed by atoms with Gasteiger partial charge < -0.3 is 10.6 Å². The maximum Gasteiger partial charge on any atom is 0.261 e. The third-order valence-electron chi connectivity index (χ3n) is 5.03. The molecular weight excluding hydrogens is 410 g/mol. The predicted molar refractivity (Wildman–Crippen MR) is 116 cm³/mol. The lowest BCUT2D eigenvalue weighted by molar-refractivity contribution is -0.121. The second-order valence-corrected chi connectivity index (χ2v) is 7.35. The van der Waals surface area contributed by atoms with Gasteiger partial charge in [-0.1, -0.05) is 12.1 Å². The zero-order valence-electron chi connectivity index (χ0n) is 17.6. The molecule has 0 bridgehead atoms. The molecule has 1 aliphatic rings. The molecule has 4 rings (SSSR count). The van der Waals surface area contributed by atoms with Crippen LogP contribution in [-0.2, 0) is 4.79 Å². The molecule has 3 amide bonds. The monoisotopic (exact) mass is 433 g/mol. The van der Waals surface area contributed by atoms with Crippen LogP contribution in [0.1, 0.15) is 39.3 Å². The molecule has 2 aromatic heterocycles. The second-order valence-electron chi connectivity index (χ2n) is 7.35. The summed E-state index contributed by atoms with van der Waals surface area (Å²) in [4.78, 5) is 46.3. The Balaban J connectivity index is 1.17. The topological polar surface area (TPSA) is 122 Å². The van der Waals surface area contributed by atoms with E-state index in [1.54, 1.807) is 35.0 Å². The molecule has 3 aromatic rings. The normalized spacial score (nSPS) is 12.7. The van der Waals surface area contributed by atoms with Crippen LogP contribution in [0.25, 0.3) is 5.82 Å². The molecule has 0 fully saturated rings. The zero-order chi connectivity index (χ0) is 22.5. The van der Waals surface area contributed by atoms with Crippen LogP contribution in [0, 0.1) is 6.92 Å². The molecule has 0 radical (unpaired) electrons. The van der Waals surface area contributed by atoms with Crippen molar-refractivity contribution < 1.29 is 14.4 Å². The summed E-state index contributed by atoms with van der Waals surface area (Å²) in [6.45, 7) is 3.01. The van der Waals surface area contributed by atoms with Crippen molar-refractivity contribution in [3.8, 4) is 5.82 Å². The summed E-state index contributed by atoms with van der Waals surface area (Å²) in [6, 6.07) is 10.4. The number of anilines is 1. The number of aromatic nitrogens is 4. The fourth-order valence-electron chi connectivity index (χ4n) is 3.43. The number of amides is 3. The number of rotatable bonds is 9. The van der Waals surface area contributed by atoms with Gasteiger partial charge in [-0.15, -0.1) is 0 Å². The number of nitrogens with zero attached hydrogens (tertiary/aromatic N) is 5. The summed E-state index contributed by atoms with van der Waals surface area (Å²) in [6.07, 6.45) is 3.91. The van der Waals surface area contributed by atoms with E-state index in [4.69, 9.17) is 0 Å². The molecule has 1 aromatic carbocycles. The summed E-state index contributed by atoms with van der Waals surface area (Å²) in [7, 11) is 0. The van der Waals surface area contributed by atoms with Crippen LogP contribution >= 0.6 is 0 Å². The first-order valence-corrected chi connectivity index (χ1v) is 10.3. The van der Waals surface area contributed by atoms with E-state index >= 15 is 0 Å². The van der Waals surface area contributed by atoms with Crippen LogP contribution in [-0.4, -0.2) is 62.0 Å². The molecule has 0 spiro atoms. The third kappa shape index (κ3) is 4.64. The number of nitrogens with one attached hydrogen (secondary N) is 2. The van der Waals surface area contributed by atoms with Crippen LogP contribution in [0.5, 0.6) is 0 Å². The van der Waals surface area contributed by atoms with Crippen molar-refractivity contribution in [2.45, 2.75) is 19.8 Å². The largest absolute Gasteiger partial charge is 0.368 e. The van der Waals surface area contributed by atoms with Gasteiger partial charge in [-0.2, -0.15) is 5.10 Å². The first kappa shape index (κ1) is 21.2. The van der Waals surface area contributed by atoms with Crippen LogP contribution in [0.4, 0.5) is 5.82 Å². The Morgan fingerprint density at radius 1 is 1.03 bits per heavy atom. The SMILES string of the molecule is Cc1ccn(-c2cc(NCCNC(=O)CCCN3C(=O)c4ccccc4C3=O)ncn2)n1. The minimum atomic E-state index is -0.301. The second kappa shape index (κ2) is 9.38. The number of imide groups is 1. The summed E-state index contributed by atoms with van der Waals surface area (Å²) in [5.41, 5.74) is 1.73. The van der Waals surface area contributed by atoms with Crippen molar-refractivity contribution >= 4 is 23.5 Å². The third-order valence-corrected chi connectivity index (χ3v) is 5.03. The predicted octanol–water partition coefficient (Wildman–Crippen LogP) is 1.58. The lowest BCUT2D eigenvalue weighted by Gasteiger charge is -2.13. The minimum Gasteiger partial charge on any atom is -0.368 e. The van der Waals surface area contributed by atoms with E-state index in [0.29, 0.717) is 42.3 Å². The molecule has 164 valence electrons. The van der Waals surface area contributed by atoms with Crippen LogP contribution in [0.2, 0.25) is 0 Å². The summed E-state index contributed by atoms with van der Waals surface area (Å²) >= 11 is 0. The molecular formula is C22H23N7O3. The molecule has 1 aliphatic heterocycles. The molecule has 10 nitrogen and oxygen atoms in total. The Kier molecular flexibility index (Phi) is 6.20. The Morgan fingerprint density at radius 3 is 2.47 bits per heavy atom. The van der Waals surface area contributed by atoms with Crippen molar-refractivity contribution in [2.75, 3.05) is 25.0 Å². The molecule has 0 aliphatic carbocycles. The molecule has 0 unspecified atom stereocenters. The fraction of sp³-hybridized carbons (Fsp3) is 0.273. The van der Waals surface area contributed by atoms with E-state index in [1.165, 1.54) is 11.2 Å². The number of hydrogen-bond acceptors (Lipinski definition) is 7. The van der Waals surface area contributed by atoms with Gasteiger partial charge in [-0.05, 0) is 31.5 Å². The molecule has 0 saturated heterocycles. The highest BCUT2D eigenvalue weighted by Gasteiger charge is 2.34. The van der Waals surface area contributed by atoms with Crippen molar-refractivity contribution in [3.05, 3.63) is 65.7 Å². The fourth-order valence-corrected chi connectivity index (χ4v) is 3.43. The number of aryl methyl sites for hydroxylation is 1. The van der Waals surface area contributed by atoms with Gasteiger partial charge in [0.1, 0.15) is 12.1 Å². The first-order chi connectivity index (χ1) is 15.5. The van der Waals surface area contributed by atoms with E-state index in [2.05, 4.69) is 25.7 Å². The van der Waals surface area contributed by atoms with Crippen LogP contribution in [0.3, 0.4) is 0 Å². The van der Waals surface area contributed by atoms with E-state index in [1.807, 2.05) is 19.2 Å². The van der Waals surface area contributed by atoms with E-state index in [0.717, 1.165) is 5.69 Å². The van der Waals surface area contributed by atoms with E-state index in [9.17, 15) is 14.4 Å². The Morgan fingerprint density at radius 2 is 1.78 bits per heavy atom. The number of hydrogen-bond donors (Lipinski definition) is 2. The highest BCUT2D eigenvalue weighted by atomic mass is 16.2. The molecule has 2 N–H and O–H groups in total. The molecule has 10 heteroatoms. The first-order valence-electron chi connectivity index (χ1n) is 10.3. The highest BCUT2D eigenvalue weighted by molar-refractivity contribution is 6.21. The van der Waals surface area contributed by atoms with Gasteiger partial charge in [0.15, 0.2) is 5.82 Å². The standard InChI is InChI=1S/C22H23N7O3/c1-15-8-12-29(27-15)19-13-18(25-14-26-19)23-9-10-24-20(30)7-4-11-28-21(31)16-5-2-3-6-17(16)22(28)32/h2-3,5-6,8,12-14H,4,7,9-11H2,1H3,(H,24,30)(H,23,25,26). The van der Waals surface area contributed by atoms with E-state index in [-0.39, 0.29) is 30.7 Å². The molecule has 32 heavy (non-hydrogen) atoms. The lowest BCUT2D eigenvalue weighted by atomic mass is 10.1. The van der Waals surface area contributed by atoms with Crippen molar-refractivity contribution in [1.29, 1.82) is 0 Å².